The standard InChI is InChI=1S/C8H6BF6O2/c1-16-7-4-5(17-8(10,11)12)2-3-6(7)9(13,14)15/h2-4H,1H3/q-1. The second-order valence-corrected chi connectivity index (χ2v) is 3.03. The molecular formula is C8H6BF6O2-. The molecule has 0 amide bonds. The van der Waals surface area contributed by atoms with Gasteiger partial charge in [0, 0.05) is 6.07 Å². The summed E-state index contributed by atoms with van der Waals surface area (Å²) in [7, 11) is 0.929. The predicted octanol–water partition coefficient (Wildman–Crippen LogP) is 2.65. The third-order valence-corrected chi connectivity index (χ3v) is 1.79. The van der Waals surface area contributed by atoms with Crippen molar-refractivity contribution in [1.82, 2.24) is 0 Å². The minimum atomic E-state index is -5.35. The van der Waals surface area contributed by atoms with Crippen molar-refractivity contribution in [3.05, 3.63) is 18.2 Å². The summed E-state index contributed by atoms with van der Waals surface area (Å²) < 4.78 is 80.6. The summed E-state index contributed by atoms with van der Waals surface area (Å²) in [4.78, 5) is 0. The Kier molecular flexibility index (Phi) is 3.49. The molecule has 17 heavy (non-hydrogen) atoms. The Bertz CT molecular complexity index is 400. The van der Waals surface area contributed by atoms with E-state index < -0.39 is 30.3 Å². The Morgan fingerprint density at radius 2 is 1.71 bits per heavy atom. The summed E-state index contributed by atoms with van der Waals surface area (Å²) in [5, 5.41) is 0. The SMILES string of the molecule is COc1cc(OC(F)(F)F)ccc1[B-](F)(F)F. The van der Waals surface area contributed by atoms with Gasteiger partial charge in [0.05, 0.1) is 12.9 Å². The van der Waals surface area contributed by atoms with E-state index in [0.29, 0.717) is 18.2 Å². The molecule has 0 heterocycles. The van der Waals surface area contributed by atoms with Crippen LogP contribution in [0.5, 0.6) is 11.5 Å². The van der Waals surface area contributed by atoms with Gasteiger partial charge in [-0.05, 0) is 6.07 Å². The number of alkyl halides is 3. The molecule has 0 aliphatic carbocycles. The van der Waals surface area contributed by atoms with Crippen molar-refractivity contribution in [3.8, 4) is 11.5 Å². The molecule has 1 rings (SSSR count). The van der Waals surface area contributed by atoms with Crippen molar-refractivity contribution in [2.24, 2.45) is 0 Å². The highest BCUT2D eigenvalue weighted by Crippen LogP contribution is 2.27. The highest BCUT2D eigenvalue weighted by molar-refractivity contribution is 6.74. The summed E-state index contributed by atoms with van der Waals surface area (Å²) >= 11 is 0. The monoisotopic (exact) mass is 259 g/mol. The van der Waals surface area contributed by atoms with Crippen molar-refractivity contribution >= 4 is 12.4 Å². The summed E-state index contributed by atoms with van der Waals surface area (Å²) in [6.07, 6.45) is -4.96. The lowest BCUT2D eigenvalue weighted by Crippen LogP contribution is -2.35. The van der Waals surface area contributed by atoms with Crippen LogP contribution in [0.2, 0.25) is 0 Å². The summed E-state index contributed by atoms with van der Waals surface area (Å²) in [5.74, 6) is -1.47. The van der Waals surface area contributed by atoms with Gasteiger partial charge in [0.25, 0.3) is 0 Å². The number of ether oxygens (including phenoxy) is 2. The normalized spacial score (nSPS) is 12.4. The summed E-state index contributed by atoms with van der Waals surface area (Å²) in [6, 6.07) is 1.61. The number of hydrogen-bond donors (Lipinski definition) is 0. The van der Waals surface area contributed by atoms with Crippen molar-refractivity contribution in [2.75, 3.05) is 7.11 Å². The molecule has 2 nitrogen and oxygen atoms in total. The molecule has 0 unspecified atom stereocenters. The molecule has 0 atom stereocenters. The Hall–Kier alpha value is -1.54. The van der Waals surface area contributed by atoms with Gasteiger partial charge in [-0.1, -0.05) is 11.5 Å². The van der Waals surface area contributed by atoms with Gasteiger partial charge in [0.2, 0.25) is 0 Å². The van der Waals surface area contributed by atoms with Crippen molar-refractivity contribution in [2.45, 2.75) is 6.36 Å². The summed E-state index contributed by atoms with van der Waals surface area (Å²) in [6.45, 7) is -5.35. The smallest absolute Gasteiger partial charge is 0.500 e. The Morgan fingerprint density at radius 3 is 2.12 bits per heavy atom. The average molecular weight is 259 g/mol. The molecular weight excluding hydrogens is 253 g/mol. The number of rotatable bonds is 3. The van der Waals surface area contributed by atoms with Crippen LogP contribution in [0, 0.1) is 0 Å². The first-order valence-electron chi connectivity index (χ1n) is 4.27. The molecule has 9 heteroatoms. The number of methoxy groups -OCH3 is 1. The van der Waals surface area contributed by atoms with Crippen LogP contribution in [0.1, 0.15) is 0 Å². The second-order valence-electron chi connectivity index (χ2n) is 3.03. The molecule has 0 aliphatic heterocycles. The fourth-order valence-corrected chi connectivity index (χ4v) is 1.16. The molecule has 0 spiro atoms. The topological polar surface area (TPSA) is 18.5 Å². The number of benzene rings is 1. The molecule has 0 aromatic heterocycles. The molecule has 0 bridgehead atoms. The van der Waals surface area contributed by atoms with Crippen LogP contribution in [0.4, 0.5) is 26.1 Å². The minimum Gasteiger partial charge on any atom is -0.500 e. The van der Waals surface area contributed by atoms with Gasteiger partial charge in [-0.2, -0.15) is 0 Å². The van der Waals surface area contributed by atoms with E-state index in [-0.39, 0.29) is 0 Å². The molecule has 0 N–H and O–H groups in total. The third-order valence-electron chi connectivity index (χ3n) is 1.79. The zero-order valence-electron chi connectivity index (χ0n) is 8.39. The minimum absolute atomic E-state index is 0.486. The first kappa shape index (κ1) is 13.5. The van der Waals surface area contributed by atoms with E-state index in [1.165, 1.54) is 0 Å². The maximum atomic E-state index is 12.4. The molecule has 1 aromatic rings. The summed E-state index contributed by atoms with van der Waals surface area (Å²) in [5.41, 5.74) is -1.11. The maximum absolute atomic E-state index is 12.4. The van der Waals surface area contributed by atoms with Crippen LogP contribution < -0.4 is 14.9 Å². The van der Waals surface area contributed by atoms with Crippen molar-refractivity contribution < 1.29 is 35.6 Å². The zero-order valence-corrected chi connectivity index (χ0v) is 8.39. The number of hydrogen-bond acceptors (Lipinski definition) is 2. The van der Waals surface area contributed by atoms with Crippen LogP contribution in [-0.4, -0.2) is 20.4 Å². The van der Waals surface area contributed by atoms with E-state index in [1.807, 2.05) is 0 Å². The lowest BCUT2D eigenvalue weighted by molar-refractivity contribution is -0.274. The molecule has 0 radical (unpaired) electrons. The first-order valence-corrected chi connectivity index (χ1v) is 4.27. The lowest BCUT2D eigenvalue weighted by Gasteiger charge is -2.19. The highest BCUT2D eigenvalue weighted by Gasteiger charge is 2.33. The number of halogens is 6. The van der Waals surface area contributed by atoms with Gasteiger partial charge in [0.1, 0.15) is 5.75 Å². The van der Waals surface area contributed by atoms with Crippen molar-refractivity contribution in [3.63, 3.8) is 0 Å². The molecule has 0 saturated carbocycles. The predicted molar refractivity (Wildman–Crippen MR) is 48.4 cm³/mol. The van der Waals surface area contributed by atoms with Crippen LogP contribution in [0.25, 0.3) is 0 Å². The third kappa shape index (κ3) is 3.75. The van der Waals surface area contributed by atoms with E-state index in [1.54, 1.807) is 0 Å². The molecule has 1 aromatic carbocycles. The van der Waals surface area contributed by atoms with Gasteiger partial charge < -0.3 is 22.4 Å². The van der Waals surface area contributed by atoms with E-state index in [9.17, 15) is 26.1 Å². The van der Waals surface area contributed by atoms with Gasteiger partial charge >= 0.3 is 13.3 Å². The Labute approximate surface area is 92.2 Å². The highest BCUT2D eigenvalue weighted by atomic mass is 19.4. The average Bonchev–Trinajstić information content (AvgIpc) is 2.13. The fraction of sp³-hybridized carbons (Fsp3) is 0.250. The Balaban J connectivity index is 3.09. The van der Waals surface area contributed by atoms with E-state index in [4.69, 9.17) is 0 Å². The lowest BCUT2D eigenvalue weighted by atomic mass is 9.79. The van der Waals surface area contributed by atoms with E-state index in [2.05, 4.69) is 9.47 Å². The first-order chi connectivity index (χ1) is 7.63. The molecule has 96 valence electrons. The van der Waals surface area contributed by atoms with Gasteiger partial charge in [0.15, 0.2) is 0 Å². The zero-order chi connectivity index (χ0) is 13.3. The quantitative estimate of drug-likeness (QED) is 0.613. The Morgan fingerprint density at radius 1 is 1.12 bits per heavy atom. The van der Waals surface area contributed by atoms with Crippen LogP contribution in [0.15, 0.2) is 18.2 Å². The van der Waals surface area contributed by atoms with Crippen LogP contribution in [-0.2, 0) is 0 Å². The van der Waals surface area contributed by atoms with Crippen LogP contribution in [0.3, 0.4) is 0 Å². The second kappa shape index (κ2) is 4.38. The van der Waals surface area contributed by atoms with E-state index in [0.717, 1.165) is 7.11 Å². The van der Waals surface area contributed by atoms with Gasteiger partial charge in [-0.3, -0.25) is 0 Å². The van der Waals surface area contributed by atoms with Gasteiger partial charge in [-0.15, -0.1) is 13.2 Å². The fourth-order valence-electron chi connectivity index (χ4n) is 1.16. The van der Waals surface area contributed by atoms with E-state index >= 15 is 0 Å². The molecule has 0 fully saturated rings. The van der Waals surface area contributed by atoms with Crippen LogP contribution >= 0.6 is 0 Å². The van der Waals surface area contributed by atoms with Gasteiger partial charge in [-0.25, -0.2) is 0 Å². The molecule has 0 aliphatic rings. The maximum Gasteiger partial charge on any atom is 0.573 e. The largest absolute Gasteiger partial charge is 0.573 e. The van der Waals surface area contributed by atoms with Crippen molar-refractivity contribution in [1.29, 1.82) is 0 Å². The molecule has 0 saturated heterocycles.